The molecular formula is C15H17FN4O. The number of halogens is 1. The van der Waals surface area contributed by atoms with Crippen molar-refractivity contribution in [1.29, 1.82) is 0 Å². The summed E-state index contributed by atoms with van der Waals surface area (Å²) in [5, 5.41) is 2.86. The van der Waals surface area contributed by atoms with Crippen molar-refractivity contribution in [1.82, 2.24) is 21.1 Å². The zero-order chi connectivity index (χ0) is 14.7. The minimum absolute atomic E-state index is 0.0897. The molecule has 3 N–H and O–H groups in total. The molecule has 0 unspecified atom stereocenters. The summed E-state index contributed by atoms with van der Waals surface area (Å²) in [5.74, 6) is -0.364. The van der Waals surface area contributed by atoms with Crippen LogP contribution >= 0.6 is 0 Å². The molecule has 0 saturated carbocycles. The van der Waals surface area contributed by atoms with Crippen molar-refractivity contribution in [2.45, 2.75) is 6.54 Å². The monoisotopic (exact) mass is 288 g/mol. The Morgan fingerprint density at radius 3 is 2.86 bits per heavy atom. The highest BCUT2D eigenvalue weighted by Crippen LogP contribution is 2.15. The van der Waals surface area contributed by atoms with Gasteiger partial charge in [-0.2, -0.15) is 0 Å². The summed E-state index contributed by atoms with van der Waals surface area (Å²) in [5.41, 5.74) is 8.88. The average Bonchev–Trinajstić information content (AvgIpc) is 2.53. The molecule has 1 amide bonds. The minimum Gasteiger partial charge on any atom is -0.355 e. The summed E-state index contributed by atoms with van der Waals surface area (Å²) in [6, 6.07) is 6.12. The van der Waals surface area contributed by atoms with Crippen molar-refractivity contribution in [2.24, 2.45) is 0 Å². The Bertz CT molecular complexity index is 594. The summed E-state index contributed by atoms with van der Waals surface area (Å²) >= 11 is 0. The van der Waals surface area contributed by atoms with Crippen LogP contribution in [0.2, 0.25) is 0 Å². The molecule has 21 heavy (non-hydrogen) atoms. The number of fused-ring (bicyclic) bond motifs is 1. The normalized spacial score (nSPS) is 17.7. The zero-order valence-electron chi connectivity index (χ0n) is 11.5. The minimum atomic E-state index is -0.274. The number of carbonyl (C=O) groups excluding carboxylic acids is 1. The van der Waals surface area contributed by atoms with Crippen molar-refractivity contribution in [3.05, 3.63) is 59.1 Å². The molecule has 0 atom stereocenters. The van der Waals surface area contributed by atoms with Crippen LogP contribution in [0.5, 0.6) is 0 Å². The highest BCUT2D eigenvalue weighted by Gasteiger charge is 2.21. The van der Waals surface area contributed by atoms with E-state index in [-0.39, 0.29) is 11.7 Å². The number of allylic oxidation sites excluding steroid dienone is 2. The Balaban J connectivity index is 1.59. The van der Waals surface area contributed by atoms with E-state index >= 15 is 0 Å². The first-order valence-electron chi connectivity index (χ1n) is 6.85. The summed E-state index contributed by atoms with van der Waals surface area (Å²) in [6.45, 7) is 2.41. The van der Waals surface area contributed by atoms with Gasteiger partial charge in [-0.25, -0.2) is 9.82 Å². The third-order valence-corrected chi connectivity index (χ3v) is 3.57. The number of hydrazine groups is 1. The van der Waals surface area contributed by atoms with Gasteiger partial charge in [0.1, 0.15) is 5.82 Å². The predicted octanol–water partition coefficient (Wildman–Crippen LogP) is 0.633. The molecule has 0 bridgehead atoms. The molecule has 0 radical (unpaired) electrons. The summed E-state index contributed by atoms with van der Waals surface area (Å²) < 4.78 is 12.8. The molecule has 1 aromatic carbocycles. The quantitative estimate of drug-likeness (QED) is 0.764. The second-order valence-electron chi connectivity index (χ2n) is 5.05. The van der Waals surface area contributed by atoms with Gasteiger partial charge in [-0.05, 0) is 29.8 Å². The number of nitrogens with zero attached hydrogens (tertiary/aromatic N) is 1. The lowest BCUT2D eigenvalue weighted by Gasteiger charge is -2.35. The van der Waals surface area contributed by atoms with E-state index in [9.17, 15) is 9.18 Å². The van der Waals surface area contributed by atoms with Gasteiger partial charge in [-0.1, -0.05) is 12.1 Å². The number of carbonyl (C=O) groups is 1. The Morgan fingerprint density at radius 2 is 2.05 bits per heavy atom. The molecule has 2 aliphatic rings. The first-order valence-corrected chi connectivity index (χ1v) is 6.85. The smallest absolute Gasteiger partial charge is 0.249 e. The van der Waals surface area contributed by atoms with Crippen LogP contribution in [0.4, 0.5) is 4.39 Å². The van der Waals surface area contributed by atoms with E-state index in [1.54, 1.807) is 12.1 Å². The van der Waals surface area contributed by atoms with Crippen LogP contribution < -0.4 is 16.2 Å². The molecule has 0 aliphatic carbocycles. The van der Waals surface area contributed by atoms with Crippen LogP contribution in [0.25, 0.3) is 0 Å². The Hall–Kier alpha value is -2.18. The largest absolute Gasteiger partial charge is 0.355 e. The standard InChI is InChI=1S/C15H17FN4O/c16-13-4-1-11(2-5-13)7-17-15(21)12-3-6-14-8-18-19-10-20(14)9-12/h1-6,18-19H,7-10H2,(H,17,21). The molecule has 2 aliphatic heterocycles. The second-order valence-corrected chi connectivity index (χ2v) is 5.05. The lowest BCUT2D eigenvalue weighted by atomic mass is 10.1. The highest BCUT2D eigenvalue weighted by atomic mass is 19.1. The summed E-state index contributed by atoms with van der Waals surface area (Å²) in [6.07, 6.45) is 3.82. The number of hydrogen-bond acceptors (Lipinski definition) is 4. The first kappa shape index (κ1) is 13.8. The van der Waals surface area contributed by atoms with Gasteiger partial charge in [-0.15, -0.1) is 0 Å². The van der Waals surface area contributed by atoms with Crippen molar-refractivity contribution in [3.8, 4) is 0 Å². The van der Waals surface area contributed by atoms with Gasteiger partial charge in [-0.3, -0.25) is 10.2 Å². The van der Waals surface area contributed by atoms with E-state index in [1.807, 2.05) is 12.2 Å². The highest BCUT2D eigenvalue weighted by molar-refractivity contribution is 5.94. The molecule has 1 aromatic rings. The molecule has 110 valence electrons. The van der Waals surface area contributed by atoms with Crippen LogP contribution in [0.1, 0.15) is 5.56 Å². The maximum atomic E-state index is 12.8. The maximum Gasteiger partial charge on any atom is 0.249 e. The fraction of sp³-hybridized carbons (Fsp3) is 0.267. The Labute approximate surface area is 122 Å². The van der Waals surface area contributed by atoms with E-state index in [1.165, 1.54) is 17.8 Å². The van der Waals surface area contributed by atoms with Gasteiger partial charge >= 0.3 is 0 Å². The predicted molar refractivity (Wildman–Crippen MR) is 77.1 cm³/mol. The lowest BCUT2D eigenvalue weighted by Crippen LogP contribution is -2.51. The molecule has 2 heterocycles. The fourth-order valence-corrected chi connectivity index (χ4v) is 2.34. The molecule has 5 nitrogen and oxygen atoms in total. The molecule has 1 saturated heterocycles. The van der Waals surface area contributed by atoms with Crippen LogP contribution in [-0.4, -0.2) is 30.6 Å². The van der Waals surface area contributed by atoms with E-state index < -0.39 is 0 Å². The van der Waals surface area contributed by atoms with E-state index in [0.29, 0.717) is 19.8 Å². The van der Waals surface area contributed by atoms with Crippen LogP contribution in [-0.2, 0) is 11.3 Å². The summed E-state index contributed by atoms with van der Waals surface area (Å²) in [4.78, 5) is 14.3. The van der Waals surface area contributed by atoms with Crippen molar-refractivity contribution in [3.63, 3.8) is 0 Å². The SMILES string of the molecule is O=C(NCc1ccc(F)cc1)C1=CC=C2CNNCN2C1. The second kappa shape index (κ2) is 6.07. The van der Waals surface area contributed by atoms with Crippen LogP contribution in [0.3, 0.4) is 0 Å². The number of hydrogen-bond donors (Lipinski definition) is 3. The van der Waals surface area contributed by atoms with Gasteiger partial charge in [0.15, 0.2) is 0 Å². The molecule has 1 fully saturated rings. The van der Waals surface area contributed by atoms with E-state index in [0.717, 1.165) is 17.7 Å². The Kier molecular flexibility index (Phi) is 3.98. The van der Waals surface area contributed by atoms with Crippen LogP contribution in [0.15, 0.2) is 47.7 Å². The lowest BCUT2D eigenvalue weighted by molar-refractivity contribution is -0.117. The van der Waals surface area contributed by atoms with E-state index in [4.69, 9.17) is 0 Å². The van der Waals surface area contributed by atoms with Crippen molar-refractivity contribution < 1.29 is 9.18 Å². The van der Waals surface area contributed by atoms with Gasteiger partial charge in [0.05, 0.1) is 13.2 Å². The molecule has 3 rings (SSSR count). The van der Waals surface area contributed by atoms with Crippen molar-refractivity contribution in [2.75, 3.05) is 19.8 Å². The number of nitrogens with one attached hydrogen (secondary N) is 3. The topological polar surface area (TPSA) is 56.4 Å². The molecular weight excluding hydrogens is 271 g/mol. The molecule has 0 aromatic heterocycles. The number of amides is 1. The zero-order valence-corrected chi connectivity index (χ0v) is 11.5. The van der Waals surface area contributed by atoms with Gasteiger partial charge in [0.2, 0.25) is 5.91 Å². The fourth-order valence-electron chi connectivity index (χ4n) is 2.34. The molecule has 6 heteroatoms. The first-order chi connectivity index (χ1) is 10.2. The maximum absolute atomic E-state index is 12.8. The molecule has 0 spiro atoms. The van der Waals surface area contributed by atoms with Gasteiger partial charge in [0.25, 0.3) is 0 Å². The number of benzene rings is 1. The Morgan fingerprint density at radius 1 is 1.24 bits per heavy atom. The van der Waals surface area contributed by atoms with E-state index in [2.05, 4.69) is 21.1 Å². The average molecular weight is 288 g/mol. The summed E-state index contributed by atoms with van der Waals surface area (Å²) in [7, 11) is 0. The van der Waals surface area contributed by atoms with Gasteiger partial charge < -0.3 is 10.2 Å². The van der Waals surface area contributed by atoms with Crippen LogP contribution in [0, 0.1) is 5.82 Å². The van der Waals surface area contributed by atoms with Crippen molar-refractivity contribution >= 4 is 5.91 Å². The third kappa shape index (κ3) is 3.29. The third-order valence-electron chi connectivity index (χ3n) is 3.57. The van der Waals surface area contributed by atoms with Gasteiger partial charge in [0, 0.05) is 24.4 Å². The number of rotatable bonds is 3.